The fraction of sp³-hybridized carbons (Fsp3) is 0.321. The Morgan fingerprint density at radius 3 is 2.60 bits per heavy atom. The average molecular weight is 474 g/mol. The summed E-state index contributed by atoms with van der Waals surface area (Å²) in [6.07, 6.45) is 4.33. The number of hydrogen-bond donors (Lipinski definition) is 2. The molecular formula is C28H31N3O4. The molecule has 0 aliphatic heterocycles. The summed E-state index contributed by atoms with van der Waals surface area (Å²) in [5.41, 5.74) is 7.13. The monoisotopic (exact) mass is 473 g/mol. The Hall–Kier alpha value is -3.87. The maximum Gasteiger partial charge on any atom is 0.291 e. The number of hydrogen-bond acceptors (Lipinski definition) is 5. The Kier molecular flexibility index (Phi) is 7.65. The zero-order chi connectivity index (χ0) is 24.8. The number of anilines is 1. The molecule has 182 valence electrons. The molecular weight excluding hydrogens is 442 g/mol. The van der Waals surface area contributed by atoms with Crippen molar-refractivity contribution in [2.24, 2.45) is 5.10 Å². The fourth-order valence-electron chi connectivity index (χ4n) is 4.12. The van der Waals surface area contributed by atoms with Gasteiger partial charge in [-0.1, -0.05) is 31.0 Å². The molecule has 0 saturated heterocycles. The van der Waals surface area contributed by atoms with E-state index in [2.05, 4.69) is 22.8 Å². The molecule has 2 aromatic carbocycles. The zero-order valence-corrected chi connectivity index (χ0v) is 20.4. The van der Waals surface area contributed by atoms with Crippen LogP contribution in [0, 0.1) is 13.8 Å². The number of aryl methyl sites for hydroxylation is 2. The number of hydrazone groups is 1. The third-order valence-corrected chi connectivity index (χ3v) is 5.98. The Morgan fingerprint density at radius 1 is 1.06 bits per heavy atom. The fourth-order valence-corrected chi connectivity index (χ4v) is 4.12. The van der Waals surface area contributed by atoms with Crippen molar-refractivity contribution < 1.29 is 18.7 Å². The number of carbonyl (C=O) groups is 2. The first kappa shape index (κ1) is 24.3. The summed E-state index contributed by atoms with van der Waals surface area (Å²) >= 11 is 0. The summed E-state index contributed by atoms with van der Waals surface area (Å²) in [6, 6.07) is 14.7. The van der Waals surface area contributed by atoms with E-state index in [1.807, 2.05) is 56.3 Å². The molecule has 1 heterocycles. The van der Waals surface area contributed by atoms with Crippen molar-refractivity contribution in [2.75, 3.05) is 11.9 Å². The highest BCUT2D eigenvalue weighted by atomic mass is 16.5. The van der Waals surface area contributed by atoms with E-state index >= 15 is 0 Å². The number of nitrogens with zero attached hydrogens (tertiary/aromatic N) is 1. The van der Waals surface area contributed by atoms with Crippen LogP contribution in [0.25, 0.3) is 0 Å². The van der Waals surface area contributed by atoms with Crippen molar-refractivity contribution >= 4 is 23.2 Å². The van der Waals surface area contributed by atoms with Crippen molar-refractivity contribution in [3.63, 3.8) is 0 Å². The summed E-state index contributed by atoms with van der Waals surface area (Å²) < 4.78 is 11.6. The lowest BCUT2D eigenvalue weighted by atomic mass is 9.93. The highest BCUT2D eigenvalue weighted by molar-refractivity contribution is 6.09. The molecule has 0 saturated carbocycles. The molecule has 7 nitrogen and oxygen atoms in total. The predicted octanol–water partition coefficient (Wildman–Crippen LogP) is 5.80. The van der Waals surface area contributed by atoms with E-state index in [-0.39, 0.29) is 17.6 Å². The minimum atomic E-state index is -0.320. The number of rotatable bonds is 8. The van der Waals surface area contributed by atoms with Crippen LogP contribution in [0.1, 0.15) is 76.0 Å². The molecule has 0 atom stereocenters. The largest absolute Gasteiger partial charge is 0.494 e. The molecule has 2 N–H and O–H groups in total. The molecule has 1 aliphatic carbocycles. The lowest BCUT2D eigenvalue weighted by Crippen LogP contribution is -2.22. The van der Waals surface area contributed by atoms with Crippen molar-refractivity contribution in [3.8, 4) is 5.75 Å². The summed E-state index contributed by atoms with van der Waals surface area (Å²) in [4.78, 5) is 25.5. The maximum atomic E-state index is 13.0. The normalized spacial score (nSPS) is 13.9. The van der Waals surface area contributed by atoms with Crippen LogP contribution in [0.4, 0.5) is 5.69 Å². The Balaban J connectivity index is 1.47. The number of benzene rings is 2. The maximum absolute atomic E-state index is 13.0. The van der Waals surface area contributed by atoms with Crippen molar-refractivity contribution in [3.05, 3.63) is 82.3 Å². The van der Waals surface area contributed by atoms with Crippen LogP contribution >= 0.6 is 0 Å². The second-order valence-corrected chi connectivity index (χ2v) is 8.76. The van der Waals surface area contributed by atoms with Gasteiger partial charge in [-0.2, -0.15) is 5.10 Å². The van der Waals surface area contributed by atoms with E-state index < -0.39 is 0 Å². The number of unbranched alkanes of at least 4 members (excludes halogenated alkanes) is 1. The molecule has 0 radical (unpaired) electrons. The van der Waals surface area contributed by atoms with E-state index in [1.165, 1.54) is 0 Å². The van der Waals surface area contributed by atoms with Gasteiger partial charge in [0.1, 0.15) is 11.5 Å². The van der Waals surface area contributed by atoms with Gasteiger partial charge < -0.3 is 14.5 Å². The lowest BCUT2D eigenvalue weighted by molar-refractivity contribution is 0.0953. The van der Waals surface area contributed by atoms with Gasteiger partial charge in [0.05, 0.1) is 12.3 Å². The number of fused-ring (bicyclic) bond motifs is 1. The standard InChI is InChI=1S/C28H31N3O4/c1-4-5-16-34-22-14-12-21(13-15-22)29-28(33)26-19(3)25-23(10-7-11-24(25)35-26)30-31-27(32)20-9-6-8-18(2)17-20/h6,8-9,12-15,17H,4-5,7,10-11,16H2,1-3H3,(H,29,33)(H,31,32)/b30-23+. The van der Waals surface area contributed by atoms with Crippen molar-refractivity contribution in [1.29, 1.82) is 0 Å². The number of furan rings is 1. The minimum absolute atomic E-state index is 0.262. The molecule has 7 heteroatoms. The summed E-state index contributed by atoms with van der Waals surface area (Å²) in [5.74, 6) is 1.17. The lowest BCUT2D eigenvalue weighted by Gasteiger charge is -2.13. The van der Waals surface area contributed by atoms with E-state index in [1.54, 1.807) is 6.07 Å². The number of carbonyl (C=O) groups excluding carboxylic acids is 2. The van der Waals surface area contributed by atoms with Gasteiger partial charge in [-0.3, -0.25) is 9.59 Å². The van der Waals surface area contributed by atoms with Gasteiger partial charge >= 0.3 is 0 Å². The van der Waals surface area contributed by atoms with Crippen LogP contribution < -0.4 is 15.5 Å². The van der Waals surface area contributed by atoms with Gasteiger partial charge in [-0.25, -0.2) is 5.43 Å². The first-order valence-corrected chi connectivity index (χ1v) is 12.1. The number of ether oxygens (including phenoxy) is 1. The summed E-state index contributed by atoms with van der Waals surface area (Å²) in [7, 11) is 0. The van der Waals surface area contributed by atoms with E-state index in [0.29, 0.717) is 24.3 Å². The number of nitrogens with one attached hydrogen (secondary N) is 2. The average Bonchev–Trinajstić information content (AvgIpc) is 3.21. The van der Waals surface area contributed by atoms with Crippen LogP contribution in [-0.4, -0.2) is 24.1 Å². The molecule has 4 rings (SSSR count). The molecule has 1 aromatic heterocycles. The molecule has 1 aliphatic rings. The van der Waals surface area contributed by atoms with Gasteiger partial charge in [0.2, 0.25) is 0 Å². The molecule has 3 aromatic rings. The third-order valence-electron chi connectivity index (χ3n) is 5.98. The summed E-state index contributed by atoms with van der Waals surface area (Å²) in [5, 5.41) is 7.30. The van der Waals surface area contributed by atoms with E-state index in [4.69, 9.17) is 9.15 Å². The Labute approximate surface area is 205 Å². The second-order valence-electron chi connectivity index (χ2n) is 8.76. The van der Waals surface area contributed by atoms with E-state index in [0.717, 1.165) is 59.6 Å². The molecule has 35 heavy (non-hydrogen) atoms. The van der Waals surface area contributed by atoms with Crippen LogP contribution in [0.15, 0.2) is 58.0 Å². The van der Waals surface area contributed by atoms with Crippen LogP contribution in [0.3, 0.4) is 0 Å². The quantitative estimate of drug-likeness (QED) is 0.319. The third kappa shape index (κ3) is 5.80. The van der Waals surface area contributed by atoms with Crippen molar-refractivity contribution in [2.45, 2.75) is 52.9 Å². The smallest absolute Gasteiger partial charge is 0.291 e. The zero-order valence-electron chi connectivity index (χ0n) is 20.4. The molecule has 0 fully saturated rings. The van der Waals surface area contributed by atoms with Crippen LogP contribution in [-0.2, 0) is 6.42 Å². The van der Waals surface area contributed by atoms with Gasteiger partial charge in [0.15, 0.2) is 5.76 Å². The van der Waals surface area contributed by atoms with Gasteiger partial charge in [0.25, 0.3) is 11.8 Å². The highest BCUT2D eigenvalue weighted by Gasteiger charge is 2.28. The first-order chi connectivity index (χ1) is 17.0. The molecule has 0 spiro atoms. The van der Waals surface area contributed by atoms with Gasteiger partial charge in [0, 0.05) is 28.8 Å². The first-order valence-electron chi connectivity index (χ1n) is 12.1. The SMILES string of the molecule is CCCCOc1ccc(NC(=O)c2oc3c(c2C)/C(=N/NC(=O)c2cccc(C)c2)CCC3)cc1. The molecule has 2 amide bonds. The van der Waals surface area contributed by atoms with Crippen LogP contribution in [0.5, 0.6) is 5.75 Å². The van der Waals surface area contributed by atoms with Crippen molar-refractivity contribution in [1.82, 2.24) is 5.43 Å². The van der Waals surface area contributed by atoms with Crippen LogP contribution in [0.2, 0.25) is 0 Å². The molecule has 0 bridgehead atoms. The van der Waals surface area contributed by atoms with Gasteiger partial charge in [-0.15, -0.1) is 0 Å². The minimum Gasteiger partial charge on any atom is -0.494 e. The second kappa shape index (κ2) is 11.0. The predicted molar refractivity (Wildman–Crippen MR) is 136 cm³/mol. The number of amides is 2. The highest BCUT2D eigenvalue weighted by Crippen LogP contribution is 2.30. The summed E-state index contributed by atoms with van der Waals surface area (Å²) in [6.45, 7) is 6.58. The van der Waals surface area contributed by atoms with E-state index in [9.17, 15) is 9.59 Å². The Bertz CT molecular complexity index is 1240. The topological polar surface area (TPSA) is 92.9 Å². The van der Waals surface area contributed by atoms with Gasteiger partial charge in [-0.05, 0) is 69.5 Å². The molecule has 0 unspecified atom stereocenters. The Morgan fingerprint density at radius 2 is 1.86 bits per heavy atom.